The number of hydrogen-bond acceptors (Lipinski definition) is 7. The summed E-state index contributed by atoms with van der Waals surface area (Å²) < 4.78 is 28.1. The van der Waals surface area contributed by atoms with Gasteiger partial charge >= 0.3 is 0 Å². The maximum absolute atomic E-state index is 13.3. The molecule has 9 nitrogen and oxygen atoms in total. The van der Waals surface area contributed by atoms with Gasteiger partial charge in [0.25, 0.3) is 12.4 Å². The van der Waals surface area contributed by atoms with Crippen LogP contribution in [0.2, 0.25) is 0 Å². The second-order valence-corrected chi connectivity index (χ2v) is 16.8. The van der Waals surface area contributed by atoms with Crippen molar-refractivity contribution in [2.24, 2.45) is 17.8 Å². The van der Waals surface area contributed by atoms with Crippen molar-refractivity contribution in [3.05, 3.63) is 59.2 Å². The second-order valence-electron chi connectivity index (χ2n) is 16.5. The highest BCUT2D eigenvalue weighted by Crippen LogP contribution is 2.52. The van der Waals surface area contributed by atoms with Crippen molar-refractivity contribution >= 4 is 36.3 Å². The van der Waals surface area contributed by atoms with Crippen molar-refractivity contribution in [2.75, 3.05) is 38.3 Å². The molecule has 2 N–H and O–H groups in total. The van der Waals surface area contributed by atoms with E-state index in [9.17, 15) is 18.3 Å². The number of anilines is 1. The lowest BCUT2D eigenvalue weighted by atomic mass is 9.77. The van der Waals surface area contributed by atoms with E-state index in [-0.39, 0.29) is 42.5 Å². The van der Waals surface area contributed by atoms with Gasteiger partial charge in [0, 0.05) is 81.4 Å². The van der Waals surface area contributed by atoms with Gasteiger partial charge in [0.05, 0.1) is 5.60 Å². The van der Waals surface area contributed by atoms with Gasteiger partial charge in [-0.3, -0.25) is 14.4 Å². The highest BCUT2D eigenvalue weighted by Gasteiger charge is 2.48. The van der Waals surface area contributed by atoms with Crippen molar-refractivity contribution in [3.8, 4) is 29.4 Å². The van der Waals surface area contributed by atoms with Crippen LogP contribution in [0, 0.1) is 41.4 Å². The Labute approximate surface area is 332 Å². The molecule has 2 aromatic carbocycles. The number of carbonyl (C=O) groups is 3. The van der Waals surface area contributed by atoms with E-state index < -0.39 is 11.1 Å². The summed E-state index contributed by atoms with van der Waals surface area (Å²) in [6.07, 6.45) is 7.04. The Morgan fingerprint density at radius 1 is 1.02 bits per heavy atom. The first-order valence-electron chi connectivity index (χ1n) is 19.3. The summed E-state index contributed by atoms with van der Waals surface area (Å²) in [4.78, 5) is 38.4. The first kappa shape index (κ1) is 43.7. The molecule has 2 aromatic rings. The number of ether oxygens (including phenoxy) is 2. The van der Waals surface area contributed by atoms with E-state index in [1.807, 2.05) is 53.0 Å². The third-order valence-electron chi connectivity index (χ3n) is 10.7. The van der Waals surface area contributed by atoms with E-state index in [2.05, 4.69) is 48.2 Å². The number of benzene rings is 2. The molecule has 11 heteroatoms. The Morgan fingerprint density at radius 3 is 2.31 bits per heavy atom. The Kier molecular flexibility index (Phi) is 16.1. The summed E-state index contributed by atoms with van der Waals surface area (Å²) >= 11 is -0.201. The van der Waals surface area contributed by atoms with Crippen molar-refractivity contribution in [1.29, 1.82) is 0 Å². The molecule has 0 spiro atoms. The van der Waals surface area contributed by atoms with E-state index in [4.69, 9.17) is 13.7 Å². The normalized spacial score (nSPS) is 19.5. The molecule has 0 bridgehead atoms. The van der Waals surface area contributed by atoms with Gasteiger partial charge in [0.2, 0.25) is 18.2 Å². The summed E-state index contributed by atoms with van der Waals surface area (Å²) in [7, 11) is 1.81. The van der Waals surface area contributed by atoms with Crippen LogP contribution >= 0.6 is 12.4 Å². The second kappa shape index (κ2) is 20.2. The fourth-order valence-electron chi connectivity index (χ4n) is 7.32. The topological polar surface area (TPSA) is 106 Å². The van der Waals surface area contributed by atoms with Crippen LogP contribution in [-0.2, 0) is 29.3 Å². The summed E-state index contributed by atoms with van der Waals surface area (Å²) in [5, 5.41) is 5.64. The molecule has 5 rings (SSSR count). The largest absolute Gasteiger partial charge is 0.397 e. The molecule has 1 fully saturated rings. The zero-order valence-corrected chi connectivity index (χ0v) is 34.3. The predicted molar refractivity (Wildman–Crippen MR) is 217 cm³/mol. The molecule has 55 heavy (non-hydrogen) atoms. The third kappa shape index (κ3) is 13.6. The monoisotopic (exact) mass is 775 g/mol. The number of nitrogens with one attached hydrogen (secondary N) is 2. The molecule has 0 radical (unpaired) electrons. The third-order valence-corrected chi connectivity index (χ3v) is 10.9. The number of nitrogens with zero attached hydrogens (tertiary/aromatic N) is 1. The molecule has 2 aliphatic carbocycles. The lowest BCUT2D eigenvalue weighted by Gasteiger charge is -2.39. The molecule has 3 aliphatic rings. The maximum Gasteiger partial charge on any atom is 0.272 e. The number of halogens is 1. The molecular formula is C44H58FN3O6S. The Balaban J connectivity index is 0.000000470. The average molecular weight is 776 g/mol. The highest BCUT2D eigenvalue weighted by atomic mass is 32.2. The number of hydrogen-bond donors (Lipinski definition) is 2. The summed E-state index contributed by atoms with van der Waals surface area (Å²) in [6.45, 7) is 14.3. The quantitative estimate of drug-likeness (QED) is 0.109. The van der Waals surface area contributed by atoms with Crippen molar-refractivity contribution in [1.82, 2.24) is 10.6 Å². The predicted octanol–water partition coefficient (Wildman–Crippen LogP) is 7.69. The molecule has 1 aliphatic heterocycles. The van der Waals surface area contributed by atoms with Crippen molar-refractivity contribution < 1.29 is 31.9 Å². The minimum atomic E-state index is -0.517. The number of carbonyl (C=O) groups excluding carboxylic acids is 3. The Morgan fingerprint density at radius 2 is 1.67 bits per heavy atom. The molecule has 1 heterocycles. The number of rotatable bonds is 15. The molecular weight excluding hydrogens is 718 g/mol. The molecule has 1 saturated carbocycles. The van der Waals surface area contributed by atoms with Gasteiger partial charge in [-0.2, -0.15) is 0 Å². The lowest BCUT2D eigenvalue weighted by molar-refractivity contribution is -0.126. The van der Waals surface area contributed by atoms with Gasteiger partial charge in [-0.25, -0.2) is 0 Å². The van der Waals surface area contributed by atoms with Crippen LogP contribution in [0.25, 0.3) is 0 Å². The number of methoxy groups -OCH3 is 1. The number of fused-ring (bicyclic) bond motifs is 2. The van der Waals surface area contributed by atoms with E-state index in [1.54, 1.807) is 29.2 Å². The smallest absolute Gasteiger partial charge is 0.272 e. The van der Waals surface area contributed by atoms with Crippen LogP contribution < -0.4 is 19.7 Å². The summed E-state index contributed by atoms with van der Waals surface area (Å²) in [5.41, 5.74) is 2.31. The van der Waals surface area contributed by atoms with Gasteiger partial charge in [-0.1, -0.05) is 25.7 Å². The minimum absolute atomic E-state index is 0.0878. The van der Waals surface area contributed by atoms with Crippen LogP contribution in [0.5, 0.6) is 5.75 Å². The lowest BCUT2D eigenvalue weighted by Crippen LogP contribution is -2.46. The van der Waals surface area contributed by atoms with E-state index in [0.29, 0.717) is 38.3 Å². The van der Waals surface area contributed by atoms with E-state index in [0.717, 1.165) is 66.0 Å². The molecule has 3 amide bonds. The Hall–Kier alpha value is -4.03. The van der Waals surface area contributed by atoms with Gasteiger partial charge in [-0.15, -0.1) is 15.7 Å². The van der Waals surface area contributed by atoms with Gasteiger partial charge in [0.15, 0.2) is 0 Å². The van der Waals surface area contributed by atoms with Crippen LogP contribution in [0.15, 0.2) is 42.5 Å². The first-order chi connectivity index (χ1) is 26.2. The zero-order chi connectivity index (χ0) is 40.1. The van der Waals surface area contributed by atoms with Crippen LogP contribution in [0.1, 0.15) is 110 Å². The SMILES string of the molecule is CC(C)(CCOC(C)(C)CNC=O)NC(=O)CCC(=O)N1CCC(C)(C)c2cc(C#Cc3ccc(OSF)cc3)ccc21.COCC1C2CCC#CCCC21. The van der Waals surface area contributed by atoms with Crippen LogP contribution in [0.3, 0.4) is 0 Å². The van der Waals surface area contributed by atoms with Gasteiger partial charge < -0.3 is 29.2 Å². The summed E-state index contributed by atoms with van der Waals surface area (Å²) in [5.74, 6) is 15.6. The van der Waals surface area contributed by atoms with Gasteiger partial charge in [0.1, 0.15) is 5.75 Å². The molecule has 2 atom stereocenters. The van der Waals surface area contributed by atoms with Gasteiger partial charge in [-0.05, 0) is 125 Å². The molecule has 0 aromatic heterocycles. The molecule has 298 valence electrons. The molecule has 2 unspecified atom stereocenters. The minimum Gasteiger partial charge on any atom is -0.397 e. The standard InChI is InChI=1S/C33H42FN3O5S.C11H16O/c1-31(2)17-19-37(28-14-11-25(21-27(28)31)8-7-24-9-12-26(13-10-24)42-43-34)30(40)16-15-29(39)36-32(3,4)18-20-41-33(5,6)22-35-23-38;1-12-8-11-9-6-4-2-3-5-7-10(9)11/h9-14,21,23H,15-20,22H2,1-6H3,(H,35,38)(H,36,39);9-11H,4-8H2,1H3. The van der Waals surface area contributed by atoms with Crippen LogP contribution in [-0.4, -0.2) is 62.8 Å². The average Bonchev–Trinajstić information content (AvgIpc) is 3.77. The number of amides is 3. The zero-order valence-electron chi connectivity index (χ0n) is 33.5. The molecule has 0 saturated heterocycles. The van der Waals surface area contributed by atoms with E-state index >= 15 is 0 Å². The van der Waals surface area contributed by atoms with Crippen molar-refractivity contribution in [3.63, 3.8) is 0 Å². The Bertz CT molecular complexity index is 1720. The van der Waals surface area contributed by atoms with E-state index in [1.165, 1.54) is 12.8 Å². The van der Waals surface area contributed by atoms with Crippen molar-refractivity contribution in [2.45, 2.75) is 109 Å². The highest BCUT2D eigenvalue weighted by molar-refractivity contribution is 7.89. The fraction of sp³-hybridized carbons (Fsp3) is 0.568. The first-order valence-corrected chi connectivity index (χ1v) is 19.9. The summed E-state index contributed by atoms with van der Waals surface area (Å²) in [6, 6.07) is 12.7. The van der Waals surface area contributed by atoms with Crippen LogP contribution in [0.4, 0.5) is 9.57 Å². The fourth-order valence-corrected chi connectivity index (χ4v) is 7.51. The maximum atomic E-state index is 13.3.